The van der Waals surface area contributed by atoms with E-state index in [9.17, 15) is 53.1 Å². The van der Waals surface area contributed by atoms with Gasteiger partial charge >= 0.3 is 36.6 Å². The second-order valence-electron chi connectivity index (χ2n) is 3.07. The lowest BCUT2D eigenvalue weighted by atomic mass is 10.5. The van der Waals surface area contributed by atoms with Gasteiger partial charge in [-0.25, -0.2) is 14.3 Å². The van der Waals surface area contributed by atoms with Crippen molar-refractivity contribution in [3.05, 3.63) is 0 Å². The minimum Gasteiger partial charge on any atom is -0.475 e. The van der Waals surface area contributed by atoms with E-state index in [2.05, 4.69) is 0 Å². The van der Waals surface area contributed by atoms with Crippen molar-refractivity contribution < 1.29 is 67.7 Å². The minimum absolute atomic E-state index is 1.49. The largest absolute Gasteiger partial charge is 0.483 e. The SMILES string of the molecule is O=C(O)C(F)(F)OC(F)(F)C(F)(F)OC(F)(F)C(F)(F)F. The van der Waals surface area contributed by atoms with Crippen molar-refractivity contribution in [2.75, 3.05) is 0 Å². The molecule has 21 heavy (non-hydrogen) atoms. The van der Waals surface area contributed by atoms with Crippen molar-refractivity contribution in [1.29, 1.82) is 0 Å². The molecule has 0 aromatic heterocycles. The lowest BCUT2D eigenvalue weighted by Crippen LogP contribution is -2.55. The van der Waals surface area contributed by atoms with E-state index in [1.807, 2.05) is 0 Å². The van der Waals surface area contributed by atoms with Crippen LogP contribution in [-0.2, 0) is 14.3 Å². The number of ether oxygens (including phenoxy) is 2. The van der Waals surface area contributed by atoms with Crippen molar-refractivity contribution in [2.45, 2.75) is 30.6 Å². The van der Waals surface area contributed by atoms with Crippen molar-refractivity contribution in [3.8, 4) is 0 Å². The van der Waals surface area contributed by atoms with Gasteiger partial charge in [0.25, 0.3) is 0 Å². The van der Waals surface area contributed by atoms with Gasteiger partial charge < -0.3 is 5.11 Å². The van der Waals surface area contributed by atoms with Crippen molar-refractivity contribution in [2.24, 2.45) is 0 Å². The van der Waals surface area contributed by atoms with E-state index >= 15 is 0 Å². The first-order valence-electron chi connectivity index (χ1n) is 4.07. The summed E-state index contributed by atoms with van der Waals surface area (Å²) in [6, 6.07) is 0. The first-order chi connectivity index (χ1) is 8.86. The van der Waals surface area contributed by atoms with Gasteiger partial charge in [-0.1, -0.05) is 0 Å². The van der Waals surface area contributed by atoms with Crippen LogP contribution in [0.2, 0.25) is 0 Å². The Labute approximate surface area is 106 Å². The standard InChI is InChI=1S/C6HF11O4/c7-2(8,1(18)19)20-5(14,15)6(16,17)21-4(12,13)3(9,10)11/h(H,18,19). The third kappa shape index (κ3) is 4.29. The smallest absolute Gasteiger partial charge is 0.475 e. The minimum atomic E-state index is -6.94. The van der Waals surface area contributed by atoms with E-state index in [4.69, 9.17) is 5.11 Å². The number of rotatable bonds is 6. The zero-order valence-electron chi connectivity index (χ0n) is 8.83. The molecule has 0 aliphatic rings. The van der Waals surface area contributed by atoms with E-state index < -0.39 is 36.6 Å². The number of carboxylic acids is 1. The number of carboxylic acid groups (broad SMARTS) is 1. The normalized spacial score (nSPS) is 15.2. The van der Waals surface area contributed by atoms with Gasteiger partial charge in [0, 0.05) is 0 Å². The van der Waals surface area contributed by atoms with Crippen LogP contribution in [0.1, 0.15) is 0 Å². The molecule has 0 aromatic rings. The highest BCUT2D eigenvalue weighted by Crippen LogP contribution is 2.47. The summed E-state index contributed by atoms with van der Waals surface area (Å²) in [6.07, 6.45) is -33.5. The molecule has 0 unspecified atom stereocenters. The molecule has 0 spiro atoms. The number of aliphatic carboxylic acids is 1. The highest BCUT2D eigenvalue weighted by Gasteiger charge is 2.73. The lowest BCUT2D eigenvalue weighted by Gasteiger charge is -2.30. The van der Waals surface area contributed by atoms with Crippen LogP contribution in [0.4, 0.5) is 48.3 Å². The summed E-state index contributed by atoms with van der Waals surface area (Å²) in [4.78, 5) is 9.65. The molecular formula is C6HF11O4. The zero-order chi connectivity index (χ0) is 17.5. The Hall–Kier alpha value is -1.38. The number of halogens is 11. The van der Waals surface area contributed by atoms with Crippen LogP contribution < -0.4 is 0 Å². The molecule has 0 atom stereocenters. The van der Waals surface area contributed by atoms with Gasteiger partial charge in [0.05, 0.1) is 0 Å². The van der Waals surface area contributed by atoms with E-state index in [-0.39, 0.29) is 0 Å². The van der Waals surface area contributed by atoms with Crippen LogP contribution in [0, 0.1) is 0 Å². The topological polar surface area (TPSA) is 55.8 Å². The first-order valence-corrected chi connectivity index (χ1v) is 4.07. The van der Waals surface area contributed by atoms with Crippen LogP contribution in [0.3, 0.4) is 0 Å². The Morgan fingerprint density at radius 3 is 1.29 bits per heavy atom. The number of hydrogen-bond donors (Lipinski definition) is 1. The summed E-state index contributed by atoms with van der Waals surface area (Å²) in [6.45, 7) is 0. The van der Waals surface area contributed by atoms with E-state index in [1.54, 1.807) is 4.74 Å². The maximum absolute atomic E-state index is 12.4. The zero-order valence-corrected chi connectivity index (χ0v) is 8.83. The fourth-order valence-electron chi connectivity index (χ4n) is 0.542. The summed E-state index contributed by atoms with van der Waals surface area (Å²) >= 11 is 0. The number of carbonyl (C=O) groups is 1. The van der Waals surface area contributed by atoms with Gasteiger partial charge in [-0.05, 0) is 0 Å². The molecule has 0 saturated carbocycles. The number of alkyl halides is 11. The average molecular weight is 346 g/mol. The Kier molecular flexibility index (Phi) is 4.78. The van der Waals surface area contributed by atoms with Crippen LogP contribution in [0.15, 0.2) is 0 Å². The van der Waals surface area contributed by atoms with Gasteiger partial charge in [0.2, 0.25) is 0 Å². The molecule has 0 bridgehead atoms. The van der Waals surface area contributed by atoms with Crippen LogP contribution in [0.5, 0.6) is 0 Å². The Morgan fingerprint density at radius 1 is 0.667 bits per heavy atom. The van der Waals surface area contributed by atoms with E-state index in [0.29, 0.717) is 0 Å². The monoisotopic (exact) mass is 346 g/mol. The fourth-order valence-corrected chi connectivity index (χ4v) is 0.542. The molecule has 0 aliphatic heterocycles. The molecule has 0 aromatic carbocycles. The summed E-state index contributed by atoms with van der Waals surface area (Å²) in [5.41, 5.74) is 0. The Morgan fingerprint density at radius 2 is 1.00 bits per heavy atom. The second kappa shape index (κ2) is 5.11. The first kappa shape index (κ1) is 19.6. The highest BCUT2D eigenvalue weighted by atomic mass is 19.4. The van der Waals surface area contributed by atoms with Crippen molar-refractivity contribution >= 4 is 5.97 Å². The Bertz CT molecular complexity index is 400. The highest BCUT2D eigenvalue weighted by molar-refractivity contribution is 5.73. The molecule has 15 heteroatoms. The average Bonchev–Trinajstić information content (AvgIpc) is 2.11. The summed E-state index contributed by atoms with van der Waals surface area (Å²) < 4.78 is 136. The maximum atomic E-state index is 12.4. The number of hydrogen-bond acceptors (Lipinski definition) is 3. The third-order valence-corrected chi connectivity index (χ3v) is 1.43. The predicted molar refractivity (Wildman–Crippen MR) is 35.6 cm³/mol. The molecule has 126 valence electrons. The van der Waals surface area contributed by atoms with Gasteiger partial charge in [0.15, 0.2) is 0 Å². The van der Waals surface area contributed by atoms with Gasteiger partial charge in [-0.15, -0.1) is 0 Å². The van der Waals surface area contributed by atoms with Crippen LogP contribution >= 0.6 is 0 Å². The lowest BCUT2D eigenvalue weighted by molar-refractivity contribution is -0.532. The summed E-state index contributed by atoms with van der Waals surface area (Å²) in [7, 11) is 0. The van der Waals surface area contributed by atoms with Gasteiger partial charge in [-0.3, -0.25) is 0 Å². The molecule has 4 nitrogen and oxygen atoms in total. The summed E-state index contributed by atoms with van der Waals surface area (Å²) in [5, 5.41) is 7.61. The van der Waals surface area contributed by atoms with Crippen molar-refractivity contribution in [3.63, 3.8) is 0 Å². The molecular weight excluding hydrogens is 345 g/mol. The van der Waals surface area contributed by atoms with Gasteiger partial charge in [-0.2, -0.15) is 48.3 Å². The molecule has 1 N–H and O–H groups in total. The molecule has 0 rings (SSSR count). The maximum Gasteiger partial charge on any atom is 0.483 e. The quantitative estimate of drug-likeness (QED) is 0.752. The molecule has 0 radical (unpaired) electrons. The second-order valence-corrected chi connectivity index (χ2v) is 3.07. The molecule has 0 saturated heterocycles. The molecule has 0 heterocycles. The van der Waals surface area contributed by atoms with Crippen LogP contribution in [0.25, 0.3) is 0 Å². The summed E-state index contributed by atoms with van der Waals surface area (Å²) in [5.74, 6) is -3.54. The Balaban J connectivity index is 5.36. The predicted octanol–water partition coefficient (Wildman–Crippen LogP) is 3.04. The fraction of sp³-hybridized carbons (Fsp3) is 0.833. The van der Waals surface area contributed by atoms with Gasteiger partial charge in [0.1, 0.15) is 0 Å². The molecule has 0 amide bonds. The van der Waals surface area contributed by atoms with Crippen LogP contribution in [-0.4, -0.2) is 41.7 Å². The van der Waals surface area contributed by atoms with E-state index in [0.717, 1.165) is 0 Å². The molecule has 0 fully saturated rings. The van der Waals surface area contributed by atoms with Crippen molar-refractivity contribution in [1.82, 2.24) is 0 Å². The van der Waals surface area contributed by atoms with E-state index in [1.165, 1.54) is 4.74 Å². The molecule has 0 aliphatic carbocycles. The third-order valence-electron chi connectivity index (χ3n) is 1.43.